The number of hydrogen-bond acceptors (Lipinski definition) is 3. The minimum atomic E-state index is -0.243. The van der Waals surface area contributed by atoms with Crippen LogP contribution in [-0.2, 0) is 4.74 Å². The van der Waals surface area contributed by atoms with Crippen LogP contribution in [0.15, 0.2) is 54.6 Å². The van der Waals surface area contributed by atoms with E-state index in [4.69, 9.17) is 16.3 Å². The maximum Gasteiger partial charge on any atom is 0.257 e. The first-order valence-electron chi connectivity index (χ1n) is 9.01. The van der Waals surface area contributed by atoms with E-state index in [1.165, 1.54) is 0 Å². The van der Waals surface area contributed by atoms with Crippen LogP contribution in [0.1, 0.15) is 34.8 Å². The first-order valence-corrected chi connectivity index (χ1v) is 9.39. The Bertz CT molecular complexity index is 934. The van der Waals surface area contributed by atoms with E-state index in [1.54, 1.807) is 24.3 Å². The molecule has 2 N–H and O–H groups in total. The molecule has 1 aliphatic rings. The van der Waals surface area contributed by atoms with Gasteiger partial charge in [0, 0.05) is 24.7 Å². The molecule has 6 heteroatoms. The lowest BCUT2D eigenvalue weighted by Gasteiger charge is -2.22. The second-order valence-electron chi connectivity index (χ2n) is 6.55. The van der Waals surface area contributed by atoms with E-state index in [0.29, 0.717) is 23.8 Å². The van der Waals surface area contributed by atoms with Gasteiger partial charge < -0.3 is 10.1 Å². The van der Waals surface area contributed by atoms with Gasteiger partial charge in [-0.2, -0.15) is 5.10 Å². The fraction of sp³-hybridized carbons (Fsp3) is 0.238. The van der Waals surface area contributed by atoms with Gasteiger partial charge in [0.1, 0.15) is 5.69 Å². The van der Waals surface area contributed by atoms with Crippen molar-refractivity contribution < 1.29 is 9.53 Å². The fourth-order valence-electron chi connectivity index (χ4n) is 3.39. The Labute approximate surface area is 162 Å². The molecule has 1 aliphatic heterocycles. The zero-order valence-electron chi connectivity index (χ0n) is 14.7. The van der Waals surface area contributed by atoms with E-state index in [9.17, 15) is 4.79 Å². The Morgan fingerprint density at radius 1 is 1.07 bits per heavy atom. The Hall–Kier alpha value is -2.63. The molecule has 4 rings (SSSR count). The Kier molecular flexibility index (Phi) is 5.23. The second kappa shape index (κ2) is 7.94. The summed E-state index contributed by atoms with van der Waals surface area (Å²) in [6, 6.07) is 16.9. The lowest BCUT2D eigenvalue weighted by atomic mass is 9.94. The molecule has 3 aromatic rings. The van der Waals surface area contributed by atoms with E-state index >= 15 is 0 Å². The number of benzene rings is 2. The molecular weight excluding hydrogens is 362 g/mol. The summed E-state index contributed by atoms with van der Waals surface area (Å²) < 4.78 is 5.48. The van der Waals surface area contributed by atoms with Crippen LogP contribution >= 0.6 is 11.6 Å². The minimum Gasteiger partial charge on any atom is -0.381 e. The van der Waals surface area contributed by atoms with Crippen molar-refractivity contribution >= 4 is 23.2 Å². The van der Waals surface area contributed by atoms with Crippen LogP contribution in [0.3, 0.4) is 0 Å². The number of anilines is 1. The lowest BCUT2D eigenvalue weighted by molar-refractivity contribution is 0.0846. The van der Waals surface area contributed by atoms with Crippen molar-refractivity contribution in [3.8, 4) is 11.3 Å². The van der Waals surface area contributed by atoms with Crippen molar-refractivity contribution in [3.63, 3.8) is 0 Å². The van der Waals surface area contributed by atoms with Crippen molar-refractivity contribution in [3.05, 3.63) is 70.9 Å². The van der Waals surface area contributed by atoms with Gasteiger partial charge in [-0.05, 0) is 25.0 Å². The summed E-state index contributed by atoms with van der Waals surface area (Å²) in [4.78, 5) is 12.9. The summed E-state index contributed by atoms with van der Waals surface area (Å²) in [5, 5.41) is 11.2. The highest BCUT2D eigenvalue weighted by Crippen LogP contribution is 2.37. The van der Waals surface area contributed by atoms with Crippen LogP contribution in [-0.4, -0.2) is 29.3 Å². The molecule has 2 aromatic carbocycles. The monoisotopic (exact) mass is 381 g/mol. The highest BCUT2D eigenvalue weighted by atomic mass is 35.5. The summed E-state index contributed by atoms with van der Waals surface area (Å²) in [6.07, 6.45) is 1.79. The molecule has 0 atom stereocenters. The number of rotatable bonds is 4. The highest BCUT2D eigenvalue weighted by Gasteiger charge is 2.26. The van der Waals surface area contributed by atoms with Gasteiger partial charge in [-0.3, -0.25) is 9.89 Å². The minimum absolute atomic E-state index is 0.243. The van der Waals surface area contributed by atoms with Crippen LogP contribution in [0.25, 0.3) is 11.3 Å². The standard InChI is InChI=1S/C21H20ClN3O2/c22-17-9-5-4-8-16(17)21(26)23-20-18(14-6-2-1-3-7-14)24-25-19(20)15-10-12-27-13-11-15/h1-9,15H,10-13H2,(H,23,26)(H,24,25). The molecule has 1 saturated heterocycles. The highest BCUT2D eigenvalue weighted by molar-refractivity contribution is 6.34. The average Bonchev–Trinajstić information content (AvgIpc) is 3.13. The third kappa shape index (κ3) is 3.75. The van der Waals surface area contributed by atoms with Gasteiger partial charge in [-0.15, -0.1) is 0 Å². The predicted octanol–water partition coefficient (Wildman–Crippen LogP) is 4.88. The SMILES string of the molecule is O=C(Nc1c(-c2ccccc2)n[nH]c1C1CCOCC1)c1ccccc1Cl. The van der Waals surface area contributed by atoms with Crippen molar-refractivity contribution in [2.24, 2.45) is 0 Å². The largest absolute Gasteiger partial charge is 0.381 e. The van der Waals surface area contributed by atoms with E-state index in [1.807, 2.05) is 30.3 Å². The molecule has 1 amide bonds. The third-order valence-electron chi connectivity index (χ3n) is 4.83. The van der Waals surface area contributed by atoms with Gasteiger partial charge >= 0.3 is 0 Å². The normalized spacial score (nSPS) is 14.9. The lowest BCUT2D eigenvalue weighted by Crippen LogP contribution is -2.18. The maximum absolute atomic E-state index is 12.9. The number of H-pyrrole nitrogens is 1. The van der Waals surface area contributed by atoms with Crippen molar-refractivity contribution in [1.29, 1.82) is 0 Å². The number of carbonyl (C=O) groups excluding carboxylic acids is 1. The average molecular weight is 382 g/mol. The van der Waals surface area contributed by atoms with Gasteiger partial charge in [0.15, 0.2) is 0 Å². The molecule has 0 aliphatic carbocycles. The fourth-order valence-corrected chi connectivity index (χ4v) is 3.62. The molecule has 138 valence electrons. The van der Waals surface area contributed by atoms with Gasteiger partial charge in [-0.25, -0.2) is 0 Å². The van der Waals surface area contributed by atoms with E-state index in [0.717, 1.165) is 35.5 Å². The molecule has 0 spiro atoms. The van der Waals surface area contributed by atoms with Crippen LogP contribution in [0.2, 0.25) is 5.02 Å². The molecule has 0 bridgehead atoms. The summed E-state index contributed by atoms with van der Waals surface area (Å²) in [5.41, 5.74) is 3.78. The molecular formula is C21H20ClN3O2. The molecule has 1 fully saturated rings. The molecule has 1 aromatic heterocycles. The number of aromatic nitrogens is 2. The predicted molar refractivity (Wildman–Crippen MR) is 106 cm³/mol. The van der Waals surface area contributed by atoms with Crippen molar-refractivity contribution in [1.82, 2.24) is 10.2 Å². The number of carbonyl (C=O) groups is 1. The number of nitrogens with zero attached hydrogens (tertiary/aromatic N) is 1. The zero-order chi connectivity index (χ0) is 18.6. The van der Waals surface area contributed by atoms with Crippen LogP contribution in [0.4, 0.5) is 5.69 Å². The van der Waals surface area contributed by atoms with Gasteiger partial charge in [0.05, 0.1) is 22.0 Å². The quantitative estimate of drug-likeness (QED) is 0.677. The number of aromatic amines is 1. The number of nitrogens with one attached hydrogen (secondary N) is 2. The summed E-state index contributed by atoms with van der Waals surface area (Å²) in [7, 11) is 0. The maximum atomic E-state index is 12.9. The topological polar surface area (TPSA) is 67.0 Å². The smallest absolute Gasteiger partial charge is 0.257 e. The zero-order valence-corrected chi connectivity index (χ0v) is 15.5. The van der Waals surface area contributed by atoms with Gasteiger partial charge in [0.25, 0.3) is 5.91 Å². The number of halogens is 1. The molecule has 0 radical (unpaired) electrons. The number of hydrogen-bond donors (Lipinski definition) is 2. The molecule has 27 heavy (non-hydrogen) atoms. The van der Waals surface area contributed by atoms with Crippen LogP contribution in [0.5, 0.6) is 0 Å². The van der Waals surface area contributed by atoms with Gasteiger partial charge in [0.2, 0.25) is 0 Å². The Balaban J connectivity index is 1.73. The molecule has 2 heterocycles. The first-order chi connectivity index (χ1) is 13.2. The molecule has 0 unspecified atom stereocenters. The number of ether oxygens (including phenoxy) is 1. The third-order valence-corrected chi connectivity index (χ3v) is 5.16. The summed E-state index contributed by atoms with van der Waals surface area (Å²) >= 11 is 6.20. The van der Waals surface area contributed by atoms with E-state index < -0.39 is 0 Å². The molecule has 0 saturated carbocycles. The summed E-state index contributed by atoms with van der Waals surface area (Å²) in [5.74, 6) is 0.0257. The van der Waals surface area contributed by atoms with E-state index in [2.05, 4.69) is 15.5 Å². The second-order valence-corrected chi connectivity index (χ2v) is 6.95. The van der Waals surface area contributed by atoms with E-state index in [-0.39, 0.29) is 11.8 Å². The first kappa shape index (κ1) is 17.8. The number of amides is 1. The van der Waals surface area contributed by atoms with Crippen molar-refractivity contribution in [2.45, 2.75) is 18.8 Å². The Morgan fingerprint density at radius 2 is 1.78 bits per heavy atom. The molecule has 5 nitrogen and oxygen atoms in total. The van der Waals surface area contributed by atoms with Crippen LogP contribution < -0.4 is 5.32 Å². The summed E-state index contributed by atoms with van der Waals surface area (Å²) in [6.45, 7) is 1.42. The Morgan fingerprint density at radius 3 is 2.52 bits per heavy atom. The van der Waals surface area contributed by atoms with Gasteiger partial charge in [-0.1, -0.05) is 54.1 Å². The van der Waals surface area contributed by atoms with Crippen LogP contribution in [0, 0.1) is 0 Å². The van der Waals surface area contributed by atoms with Crippen molar-refractivity contribution in [2.75, 3.05) is 18.5 Å².